The molecule has 0 saturated carbocycles. The first kappa shape index (κ1) is 27.4. The van der Waals surface area contributed by atoms with Crippen molar-refractivity contribution in [3.8, 4) is 0 Å². The van der Waals surface area contributed by atoms with Gasteiger partial charge in [0, 0.05) is 13.8 Å². The Labute approximate surface area is 182 Å². The molecular weight excluding hydrogens is 438 g/mol. The summed E-state index contributed by atoms with van der Waals surface area (Å²) in [5.74, 6) is -11.3. The number of aliphatic hydroxyl groups excluding tert-OH is 3. The standard InChI is InChI=1S/C18H27NO13/c1-6(20)11-14(31-9(4)23)12(19-8(3)22)15(32-18(11,29)17(27)28)13(25)10(24)5-30-16(26)7(2)21/h7,10-15,21,24-25,29H,5H2,1-4H3,(H,19,22)(H,27,28)/t7?,10-,11?,12-,13-,14+,15-,18?/m1/s1. The summed E-state index contributed by atoms with van der Waals surface area (Å²) in [5, 5.41) is 52.3. The molecule has 0 aromatic carbocycles. The first-order chi connectivity index (χ1) is 14.6. The van der Waals surface area contributed by atoms with Crippen LogP contribution in [0.3, 0.4) is 0 Å². The number of carbonyl (C=O) groups excluding carboxylic acids is 4. The zero-order valence-electron chi connectivity index (χ0n) is 17.8. The minimum absolute atomic E-state index is 0.772. The second-order valence-corrected chi connectivity index (χ2v) is 7.34. The largest absolute Gasteiger partial charge is 0.477 e. The molecule has 0 aromatic rings. The number of Topliss-reactive ketones (excluding diaryl/α,β-unsaturated/α-hetero) is 1. The van der Waals surface area contributed by atoms with Crippen LogP contribution in [0.4, 0.5) is 0 Å². The Bertz CT molecular complexity index is 753. The zero-order valence-corrected chi connectivity index (χ0v) is 17.8. The van der Waals surface area contributed by atoms with Crippen LogP contribution in [0, 0.1) is 5.92 Å². The molecule has 1 rings (SSSR count). The third-order valence-electron chi connectivity index (χ3n) is 4.66. The Morgan fingerprint density at radius 2 is 1.66 bits per heavy atom. The van der Waals surface area contributed by atoms with Crippen molar-refractivity contribution in [1.82, 2.24) is 5.32 Å². The van der Waals surface area contributed by atoms with Crippen LogP contribution in [0.25, 0.3) is 0 Å². The topological polar surface area (TPSA) is 226 Å². The fourth-order valence-corrected chi connectivity index (χ4v) is 3.28. The van der Waals surface area contributed by atoms with E-state index in [9.17, 15) is 44.4 Å². The third kappa shape index (κ3) is 6.20. The van der Waals surface area contributed by atoms with Gasteiger partial charge in [0.2, 0.25) is 5.91 Å². The van der Waals surface area contributed by atoms with E-state index in [1.54, 1.807) is 0 Å². The maximum absolute atomic E-state index is 12.2. The predicted octanol–water partition coefficient (Wildman–Crippen LogP) is -3.55. The van der Waals surface area contributed by atoms with Gasteiger partial charge in [-0.25, -0.2) is 9.59 Å². The SMILES string of the molecule is CC(=O)N[C@H]1[C@H]([C@H](O)[C@H](O)COC(=O)C(C)O)OC(O)(C(=O)O)C(C(C)=O)[C@@H]1OC(C)=O. The molecule has 1 heterocycles. The van der Waals surface area contributed by atoms with E-state index >= 15 is 0 Å². The first-order valence-corrected chi connectivity index (χ1v) is 9.42. The van der Waals surface area contributed by atoms with E-state index in [1.165, 1.54) is 0 Å². The molecule has 0 spiro atoms. The van der Waals surface area contributed by atoms with Gasteiger partial charge in [-0.15, -0.1) is 0 Å². The molecule has 32 heavy (non-hydrogen) atoms. The Balaban J connectivity index is 3.43. The van der Waals surface area contributed by atoms with Crippen LogP contribution < -0.4 is 5.32 Å². The lowest BCUT2D eigenvalue weighted by Crippen LogP contribution is -2.73. The van der Waals surface area contributed by atoms with Crippen molar-refractivity contribution in [3.05, 3.63) is 0 Å². The van der Waals surface area contributed by atoms with Crippen LogP contribution >= 0.6 is 0 Å². The van der Waals surface area contributed by atoms with Gasteiger partial charge in [-0.2, -0.15) is 0 Å². The van der Waals surface area contributed by atoms with E-state index in [2.05, 4.69) is 10.1 Å². The summed E-state index contributed by atoms with van der Waals surface area (Å²) in [5.41, 5.74) is 0. The van der Waals surface area contributed by atoms with Gasteiger partial charge < -0.3 is 45.1 Å². The number of carboxylic acid groups (broad SMARTS) is 1. The van der Waals surface area contributed by atoms with Crippen LogP contribution in [0.5, 0.6) is 0 Å². The summed E-state index contributed by atoms with van der Waals surface area (Å²) in [4.78, 5) is 58.7. The van der Waals surface area contributed by atoms with Crippen LogP contribution in [-0.4, -0.2) is 104 Å². The number of esters is 2. The van der Waals surface area contributed by atoms with Crippen molar-refractivity contribution >= 4 is 29.6 Å². The Morgan fingerprint density at radius 3 is 2.06 bits per heavy atom. The lowest BCUT2D eigenvalue weighted by atomic mass is 9.78. The van der Waals surface area contributed by atoms with Gasteiger partial charge >= 0.3 is 17.9 Å². The normalized spacial score (nSPS) is 30.4. The van der Waals surface area contributed by atoms with E-state index < -0.39 is 84.5 Å². The van der Waals surface area contributed by atoms with Crippen LogP contribution in [0.15, 0.2) is 0 Å². The minimum Gasteiger partial charge on any atom is -0.477 e. The van der Waals surface area contributed by atoms with Crippen molar-refractivity contribution in [2.45, 2.75) is 70.0 Å². The number of carboxylic acids is 1. The van der Waals surface area contributed by atoms with Crippen LogP contribution in [-0.2, 0) is 38.2 Å². The van der Waals surface area contributed by atoms with Crippen molar-refractivity contribution in [2.24, 2.45) is 5.92 Å². The van der Waals surface area contributed by atoms with Gasteiger partial charge in [0.05, 0.1) is 6.04 Å². The molecule has 1 saturated heterocycles. The average molecular weight is 465 g/mol. The van der Waals surface area contributed by atoms with E-state index in [0.717, 1.165) is 27.7 Å². The smallest absolute Gasteiger partial charge is 0.365 e. The van der Waals surface area contributed by atoms with Crippen LogP contribution in [0.1, 0.15) is 27.7 Å². The van der Waals surface area contributed by atoms with E-state index in [4.69, 9.17) is 14.6 Å². The minimum atomic E-state index is -3.32. The van der Waals surface area contributed by atoms with Crippen molar-refractivity contribution in [2.75, 3.05) is 6.61 Å². The molecule has 1 amide bonds. The molecule has 3 unspecified atom stereocenters. The number of carbonyl (C=O) groups is 5. The lowest BCUT2D eigenvalue weighted by Gasteiger charge is -2.49. The summed E-state index contributed by atoms with van der Waals surface area (Å²) in [6, 6.07) is -1.61. The van der Waals surface area contributed by atoms with Gasteiger partial charge in [0.15, 0.2) is 0 Å². The molecule has 14 heteroatoms. The highest BCUT2D eigenvalue weighted by Crippen LogP contribution is 2.37. The molecule has 0 aromatic heterocycles. The van der Waals surface area contributed by atoms with Crippen molar-refractivity contribution in [3.63, 3.8) is 0 Å². The number of ether oxygens (including phenoxy) is 3. The second kappa shape index (κ2) is 10.8. The van der Waals surface area contributed by atoms with E-state index in [-0.39, 0.29) is 0 Å². The molecule has 0 bridgehead atoms. The quantitative estimate of drug-likeness (QED) is 0.181. The molecule has 1 aliphatic rings. The number of aliphatic carboxylic acids is 1. The van der Waals surface area contributed by atoms with Crippen LogP contribution in [0.2, 0.25) is 0 Å². The summed E-state index contributed by atoms with van der Waals surface area (Å²) >= 11 is 0. The number of amides is 1. The Morgan fingerprint density at radius 1 is 1.09 bits per heavy atom. The summed E-state index contributed by atoms with van der Waals surface area (Å²) < 4.78 is 14.7. The van der Waals surface area contributed by atoms with Gasteiger partial charge in [-0.3, -0.25) is 14.4 Å². The Hall–Kier alpha value is -2.65. The van der Waals surface area contributed by atoms with E-state index in [0.29, 0.717) is 0 Å². The zero-order chi connectivity index (χ0) is 25.0. The fraction of sp³-hybridized carbons (Fsp3) is 0.722. The number of nitrogens with one attached hydrogen (secondary N) is 1. The predicted molar refractivity (Wildman–Crippen MR) is 99.4 cm³/mol. The molecule has 0 radical (unpaired) electrons. The fourth-order valence-electron chi connectivity index (χ4n) is 3.28. The van der Waals surface area contributed by atoms with Gasteiger partial charge in [-0.1, -0.05) is 0 Å². The molecule has 14 nitrogen and oxygen atoms in total. The third-order valence-corrected chi connectivity index (χ3v) is 4.66. The number of hydrogen-bond donors (Lipinski definition) is 6. The van der Waals surface area contributed by atoms with E-state index in [1.807, 2.05) is 0 Å². The first-order valence-electron chi connectivity index (χ1n) is 9.42. The maximum Gasteiger partial charge on any atom is 0.365 e. The van der Waals surface area contributed by atoms with Gasteiger partial charge in [0.1, 0.15) is 48.8 Å². The average Bonchev–Trinajstić information content (AvgIpc) is 2.65. The van der Waals surface area contributed by atoms with Gasteiger partial charge in [-0.05, 0) is 13.8 Å². The molecular formula is C18H27NO13. The molecule has 0 aliphatic carbocycles. The summed E-state index contributed by atoms with van der Waals surface area (Å²) in [7, 11) is 0. The molecule has 6 N–H and O–H groups in total. The number of hydrogen-bond acceptors (Lipinski definition) is 12. The Kier molecular flexibility index (Phi) is 9.23. The lowest BCUT2D eigenvalue weighted by molar-refractivity contribution is -0.314. The van der Waals surface area contributed by atoms with Crippen molar-refractivity contribution in [1.29, 1.82) is 0 Å². The summed E-state index contributed by atoms with van der Waals surface area (Å²) in [6.45, 7) is 3.03. The summed E-state index contributed by atoms with van der Waals surface area (Å²) in [6.07, 6.45) is -9.43. The second-order valence-electron chi connectivity index (χ2n) is 7.34. The highest BCUT2D eigenvalue weighted by molar-refractivity contribution is 5.89. The maximum atomic E-state index is 12.2. The van der Waals surface area contributed by atoms with Crippen molar-refractivity contribution < 1.29 is 63.7 Å². The molecule has 1 fully saturated rings. The molecule has 8 atom stereocenters. The number of aliphatic hydroxyl groups is 4. The highest BCUT2D eigenvalue weighted by Gasteiger charge is 2.63. The number of rotatable bonds is 9. The number of ketones is 1. The molecule has 1 aliphatic heterocycles. The monoisotopic (exact) mass is 465 g/mol. The highest BCUT2D eigenvalue weighted by atomic mass is 16.7. The molecule has 182 valence electrons. The van der Waals surface area contributed by atoms with Gasteiger partial charge in [0.25, 0.3) is 5.79 Å².